The molecule has 0 saturated carbocycles. The van der Waals surface area contributed by atoms with Crippen molar-refractivity contribution in [2.24, 2.45) is 0 Å². The van der Waals surface area contributed by atoms with E-state index in [1.54, 1.807) is 6.07 Å². The van der Waals surface area contributed by atoms with Gasteiger partial charge in [-0.25, -0.2) is 0 Å². The minimum absolute atomic E-state index is 0.115. The molecular formula is C14H19ClN2O2. The van der Waals surface area contributed by atoms with Crippen LogP contribution in [0.5, 0.6) is 0 Å². The Bertz CT molecular complexity index is 465. The maximum Gasteiger partial charge on any atom is 0.273 e. The van der Waals surface area contributed by atoms with Gasteiger partial charge in [0.1, 0.15) is 0 Å². The Kier molecular flexibility index (Phi) is 4.64. The number of benzene rings is 1. The van der Waals surface area contributed by atoms with Crippen LogP contribution in [0.3, 0.4) is 0 Å². The number of alkyl halides is 1. The summed E-state index contributed by atoms with van der Waals surface area (Å²) in [6.07, 6.45) is 4.75. The van der Waals surface area contributed by atoms with E-state index in [1.165, 1.54) is 19.3 Å². The first kappa shape index (κ1) is 14.1. The fourth-order valence-corrected chi connectivity index (χ4v) is 3.01. The van der Waals surface area contributed by atoms with Crippen LogP contribution in [-0.2, 0) is 5.88 Å². The van der Waals surface area contributed by atoms with E-state index in [1.807, 2.05) is 12.1 Å². The number of nitrogens with zero attached hydrogens (tertiary/aromatic N) is 2. The molecule has 4 nitrogen and oxygen atoms in total. The summed E-state index contributed by atoms with van der Waals surface area (Å²) < 4.78 is 0. The van der Waals surface area contributed by atoms with Gasteiger partial charge in [-0.15, -0.1) is 11.6 Å². The summed E-state index contributed by atoms with van der Waals surface area (Å²) in [7, 11) is 0. The molecular weight excluding hydrogens is 264 g/mol. The molecule has 0 aromatic heterocycles. The predicted octanol–water partition coefficient (Wildman–Crippen LogP) is 4.10. The fraction of sp³-hybridized carbons (Fsp3) is 0.571. The first-order valence-electron chi connectivity index (χ1n) is 6.77. The third kappa shape index (κ3) is 3.00. The molecule has 0 N–H and O–H groups in total. The van der Waals surface area contributed by atoms with Crippen molar-refractivity contribution in [3.8, 4) is 0 Å². The lowest BCUT2D eigenvalue weighted by atomic mass is 9.98. The Morgan fingerprint density at radius 3 is 2.89 bits per heavy atom. The van der Waals surface area contributed by atoms with Crippen molar-refractivity contribution >= 4 is 23.0 Å². The Morgan fingerprint density at radius 1 is 1.47 bits per heavy atom. The van der Waals surface area contributed by atoms with Gasteiger partial charge in [-0.3, -0.25) is 10.1 Å². The lowest BCUT2D eigenvalue weighted by Gasteiger charge is -2.37. The quantitative estimate of drug-likeness (QED) is 0.474. The van der Waals surface area contributed by atoms with Gasteiger partial charge in [-0.2, -0.15) is 0 Å². The van der Waals surface area contributed by atoms with Crippen LogP contribution >= 0.6 is 11.6 Å². The molecule has 0 radical (unpaired) electrons. The average molecular weight is 283 g/mol. The lowest BCUT2D eigenvalue weighted by Crippen LogP contribution is -2.39. The summed E-state index contributed by atoms with van der Waals surface area (Å²) >= 11 is 5.83. The van der Waals surface area contributed by atoms with Gasteiger partial charge in [0.25, 0.3) is 5.69 Å². The largest absolute Gasteiger partial charge is 0.369 e. The van der Waals surface area contributed by atoms with Crippen molar-refractivity contribution in [3.63, 3.8) is 0 Å². The molecule has 1 aliphatic heterocycles. The SMILES string of the molecule is CCC1CCCCN1c1ccc([N+](=O)[O-])c(CCl)c1. The average Bonchev–Trinajstić information content (AvgIpc) is 2.46. The maximum absolute atomic E-state index is 10.9. The minimum atomic E-state index is -0.366. The molecule has 1 aliphatic rings. The first-order chi connectivity index (χ1) is 9.17. The van der Waals surface area contributed by atoms with Crippen LogP contribution in [0.25, 0.3) is 0 Å². The number of anilines is 1. The monoisotopic (exact) mass is 282 g/mol. The molecule has 1 heterocycles. The van der Waals surface area contributed by atoms with E-state index < -0.39 is 0 Å². The predicted molar refractivity (Wildman–Crippen MR) is 77.9 cm³/mol. The van der Waals surface area contributed by atoms with Gasteiger partial charge >= 0.3 is 0 Å². The normalized spacial score (nSPS) is 19.5. The van der Waals surface area contributed by atoms with Crippen LogP contribution in [0.2, 0.25) is 0 Å². The second-order valence-corrected chi connectivity index (χ2v) is 5.22. The Morgan fingerprint density at radius 2 is 2.26 bits per heavy atom. The lowest BCUT2D eigenvalue weighted by molar-refractivity contribution is -0.385. The third-order valence-corrected chi connectivity index (χ3v) is 4.12. The molecule has 0 amide bonds. The summed E-state index contributed by atoms with van der Waals surface area (Å²) in [5.41, 5.74) is 1.78. The zero-order valence-electron chi connectivity index (χ0n) is 11.1. The van der Waals surface area contributed by atoms with Crippen molar-refractivity contribution in [3.05, 3.63) is 33.9 Å². The van der Waals surface area contributed by atoms with Crippen LogP contribution in [-0.4, -0.2) is 17.5 Å². The van der Waals surface area contributed by atoms with Gasteiger partial charge in [0.15, 0.2) is 0 Å². The molecule has 1 atom stereocenters. The zero-order valence-corrected chi connectivity index (χ0v) is 11.9. The van der Waals surface area contributed by atoms with Crippen LogP contribution in [0, 0.1) is 10.1 Å². The number of nitro groups is 1. The Labute approximate surface area is 118 Å². The maximum atomic E-state index is 10.9. The number of rotatable bonds is 4. The molecule has 1 saturated heterocycles. The minimum Gasteiger partial charge on any atom is -0.369 e. The molecule has 1 fully saturated rings. The Hall–Kier alpha value is -1.29. The summed E-state index contributed by atoms with van der Waals surface area (Å²) in [5, 5.41) is 10.9. The number of hydrogen-bond donors (Lipinski definition) is 0. The molecule has 2 rings (SSSR count). The van der Waals surface area contributed by atoms with Crippen molar-refractivity contribution in [1.82, 2.24) is 0 Å². The van der Waals surface area contributed by atoms with Gasteiger partial charge in [-0.05, 0) is 37.8 Å². The van der Waals surface area contributed by atoms with Crippen LogP contribution in [0.15, 0.2) is 18.2 Å². The molecule has 0 spiro atoms. The van der Waals surface area contributed by atoms with Crippen LogP contribution in [0.1, 0.15) is 38.2 Å². The van der Waals surface area contributed by atoms with Gasteiger partial charge < -0.3 is 4.90 Å². The van der Waals surface area contributed by atoms with Crippen molar-refractivity contribution in [2.45, 2.75) is 44.5 Å². The van der Waals surface area contributed by atoms with E-state index in [9.17, 15) is 10.1 Å². The number of nitro benzene ring substituents is 1. The summed E-state index contributed by atoms with van der Waals surface area (Å²) in [5.74, 6) is 0.175. The van der Waals surface area contributed by atoms with E-state index >= 15 is 0 Å². The molecule has 5 heteroatoms. The molecule has 1 aromatic rings. The van der Waals surface area contributed by atoms with Crippen molar-refractivity contribution in [1.29, 1.82) is 0 Å². The summed E-state index contributed by atoms with van der Waals surface area (Å²) in [6, 6.07) is 5.84. The third-order valence-electron chi connectivity index (χ3n) is 3.83. The van der Waals surface area contributed by atoms with Gasteiger partial charge in [-0.1, -0.05) is 6.92 Å². The summed E-state index contributed by atoms with van der Waals surface area (Å²) in [4.78, 5) is 12.9. The standard InChI is InChI=1S/C14H19ClN2O2/c1-2-12-5-3-4-8-16(12)13-6-7-14(17(18)19)11(9-13)10-15/h6-7,9,12H,2-5,8,10H2,1H3. The Balaban J connectivity index is 2.31. The second-order valence-electron chi connectivity index (χ2n) is 4.96. The highest BCUT2D eigenvalue weighted by Gasteiger charge is 2.23. The fourth-order valence-electron chi connectivity index (χ4n) is 2.80. The van der Waals surface area contributed by atoms with Gasteiger partial charge in [0.2, 0.25) is 0 Å². The van der Waals surface area contributed by atoms with Crippen LogP contribution in [0.4, 0.5) is 11.4 Å². The highest BCUT2D eigenvalue weighted by Crippen LogP contribution is 2.31. The van der Waals surface area contributed by atoms with E-state index in [2.05, 4.69) is 11.8 Å². The topological polar surface area (TPSA) is 46.4 Å². The number of piperidine rings is 1. The molecule has 0 bridgehead atoms. The van der Waals surface area contributed by atoms with E-state index in [-0.39, 0.29) is 16.5 Å². The van der Waals surface area contributed by atoms with Crippen LogP contribution < -0.4 is 4.90 Å². The van der Waals surface area contributed by atoms with Crippen molar-refractivity contribution in [2.75, 3.05) is 11.4 Å². The zero-order chi connectivity index (χ0) is 13.8. The van der Waals surface area contributed by atoms with E-state index in [0.717, 1.165) is 18.7 Å². The molecule has 1 aromatic carbocycles. The molecule has 0 aliphatic carbocycles. The van der Waals surface area contributed by atoms with Crippen molar-refractivity contribution < 1.29 is 4.92 Å². The first-order valence-corrected chi connectivity index (χ1v) is 7.30. The van der Waals surface area contributed by atoms with E-state index in [4.69, 9.17) is 11.6 Å². The highest BCUT2D eigenvalue weighted by molar-refractivity contribution is 6.17. The molecule has 104 valence electrons. The van der Waals surface area contributed by atoms with Gasteiger partial charge in [0.05, 0.1) is 10.8 Å². The summed E-state index contributed by atoms with van der Waals surface area (Å²) in [6.45, 7) is 3.22. The number of halogens is 1. The molecule has 1 unspecified atom stereocenters. The van der Waals surface area contributed by atoms with Gasteiger partial charge in [0, 0.05) is 29.9 Å². The second kappa shape index (κ2) is 6.24. The highest BCUT2D eigenvalue weighted by atomic mass is 35.5. The molecule has 19 heavy (non-hydrogen) atoms. The number of hydrogen-bond acceptors (Lipinski definition) is 3. The smallest absolute Gasteiger partial charge is 0.273 e. The van der Waals surface area contributed by atoms with E-state index in [0.29, 0.717) is 11.6 Å².